The molecule has 26 heavy (non-hydrogen) atoms. The number of hydrogen-bond donors (Lipinski definition) is 1. The fraction of sp³-hybridized carbons (Fsp3) is 0.737. The molecule has 2 atom stereocenters. The number of furan rings is 1. The Labute approximate surface area is 173 Å². The van der Waals surface area contributed by atoms with Gasteiger partial charge in [0.1, 0.15) is 5.76 Å². The molecule has 6 nitrogen and oxygen atoms in total. The van der Waals surface area contributed by atoms with E-state index >= 15 is 0 Å². The molecule has 0 bridgehead atoms. The van der Waals surface area contributed by atoms with Gasteiger partial charge < -0.3 is 24.1 Å². The molecule has 0 spiro atoms. The van der Waals surface area contributed by atoms with Crippen LogP contribution in [0, 0.1) is 5.92 Å². The Bertz CT molecular complexity index is 518. The molecule has 1 aromatic rings. The number of ether oxygens (including phenoxy) is 2. The number of aliphatic imine (C=N–C) groups is 1. The first-order valence-electron chi connectivity index (χ1n) is 9.60. The van der Waals surface area contributed by atoms with Gasteiger partial charge in [0.2, 0.25) is 0 Å². The Kier molecular flexibility index (Phi) is 9.77. The molecular weight excluding hydrogens is 445 g/mol. The molecular formula is C19H32IN3O3. The lowest BCUT2D eigenvalue weighted by molar-refractivity contribution is 0.114. The molecule has 1 aromatic heterocycles. The van der Waals surface area contributed by atoms with Crippen molar-refractivity contribution < 1.29 is 13.9 Å². The zero-order chi connectivity index (χ0) is 17.3. The van der Waals surface area contributed by atoms with E-state index in [0.717, 1.165) is 77.0 Å². The van der Waals surface area contributed by atoms with Crippen molar-refractivity contribution >= 4 is 29.9 Å². The third-order valence-corrected chi connectivity index (χ3v) is 4.85. The highest BCUT2D eigenvalue weighted by atomic mass is 127. The lowest BCUT2D eigenvalue weighted by atomic mass is 10.1. The summed E-state index contributed by atoms with van der Waals surface area (Å²) < 4.78 is 16.7. The summed E-state index contributed by atoms with van der Waals surface area (Å²) in [6, 6.07) is 3.94. The maximum absolute atomic E-state index is 5.72. The highest BCUT2D eigenvalue weighted by Crippen LogP contribution is 2.17. The molecule has 0 aliphatic carbocycles. The van der Waals surface area contributed by atoms with Crippen LogP contribution in [0.4, 0.5) is 0 Å². The zero-order valence-electron chi connectivity index (χ0n) is 15.7. The number of likely N-dealkylation sites (tertiary alicyclic amines) is 1. The van der Waals surface area contributed by atoms with E-state index in [1.54, 1.807) is 6.26 Å². The van der Waals surface area contributed by atoms with E-state index in [1.807, 2.05) is 12.1 Å². The van der Waals surface area contributed by atoms with Gasteiger partial charge in [-0.15, -0.1) is 24.0 Å². The minimum atomic E-state index is 0. The molecule has 0 radical (unpaired) electrons. The summed E-state index contributed by atoms with van der Waals surface area (Å²) in [5.74, 6) is 2.60. The van der Waals surface area contributed by atoms with Gasteiger partial charge in [-0.2, -0.15) is 0 Å². The molecule has 0 amide bonds. The van der Waals surface area contributed by atoms with Crippen molar-refractivity contribution in [3.8, 4) is 0 Å². The van der Waals surface area contributed by atoms with Crippen LogP contribution in [-0.4, -0.2) is 63.0 Å². The molecule has 0 aromatic carbocycles. The van der Waals surface area contributed by atoms with Crippen molar-refractivity contribution in [3.63, 3.8) is 0 Å². The molecule has 148 valence electrons. The first kappa shape index (κ1) is 21.5. The molecule has 2 aliphatic heterocycles. The van der Waals surface area contributed by atoms with Crippen LogP contribution in [-0.2, 0) is 15.9 Å². The number of rotatable bonds is 8. The van der Waals surface area contributed by atoms with E-state index < -0.39 is 0 Å². The minimum Gasteiger partial charge on any atom is -0.469 e. The second-order valence-corrected chi connectivity index (χ2v) is 6.82. The Balaban J connectivity index is 0.00000243. The SMILES string of the molecule is CCOCC1CCN(C(=NCC2CCCO2)NCCc2ccco2)C1.I. The Hall–Kier alpha value is -0.800. The van der Waals surface area contributed by atoms with E-state index in [1.165, 1.54) is 6.42 Å². The van der Waals surface area contributed by atoms with Crippen molar-refractivity contribution in [1.82, 2.24) is 10.2 Å². The maximum Gasteiger partial charge on any atom is 0.194 e. The van der Waals surface area contributed by atoms with Crippen molar-refractivity contribution in [2.75, 3.05) is 46.0 Å². The van der Waals surface area contributed by atoms with Gasteiger partial charge in [0.25, 0.3) is 0 Å². The monoisotopic (exact) mass is 477 g/mol. The van der Waals surface area contributed by atoms with Crippen LogP contribution >= 0.6 is 24.0 Å². The van der Waals surface area contributed by atoms with Crippen LogP contribution in [0.2, 0.25) is 0 Å². The topological polar surface area (TPSA) is 59.2 Å². The first-order valence-corrected chi connectivity index (χ1v) is 9.60. The standard InChI is InChI=1S/C19H31N3O3.HI/c1-2-23-15-16-8-10-22(14-16)19(21-13-18-6-4-12-25-18)20-9-7-17-5-3-11-24-17;/h3,5,11,16,18H,2,4,6-10,12-15H2,1H3,(H,20,21);1H. The highest BCUT2D eigenvalue weighted by molar-refractivity contribution is 14.0. The highest BCUT2D eigenvalue weighted by Gasteiger charge is 2.25. The summed E-state index contributed by atoms with van der Waals surface area (Å²) in [5.41, 5.74) is 0. The molecule has 1 N–H and O–H groups in total. The number of guanidine groups is 1. The van der Waals surface area contributed by atoms with E-state index in [2.05, 4.69) is 17.1 Å². The molecule has 2 unspecified atom stereocenters. The van der Waals surface area contributed by atoms with Crippen molar-refractivity contribution in [2.24, 2.45) is 10.9 Å². The normalized spacial score (nSPS) is 23.3. The smallest absolute Gasteiger partial charge is 0.194 e. The molecule has 2 fully saturated rings. The molecule has 7 heteroatoms. The fourth-order valence-electron chi connectivity index (χ4n) is 3.44. The summed E-state index contributed by atoms with van der Waals surface area (Å²) in [5, 5.41) is 3.52. The van der Waals surface area contributed by atoms with Crippen LogP contribution < -0.4 is 5.32 Å². The maximum atomic E-state index is 5.72. The summed E-state index contributed by atoms with van der Waals surface area (Å²) in [6.45, 7) is 8.18. The van der Waals surface area contributed by atoms with E-state index in [0.29, 0.717) is 5.92 Å². The van der Waals surface area contributed by atoms with Gasteiger partial charge in [-0.3, -0.25) is 4.99 Å². The summed E-state index contributed by atoms with van der Waals surface area (Å²) in [7, 11) is 0. The predicted octanol–water partition coefficient (Wildman–Crippen LogP) is 2.92. The summed E-state index contributed by atoms with van der Waals surface area (Å²) in [6.07, 6.45) is 6.31. The Morgan fingerprint density at radius 3 is 3.08 bits per heavy atom. The minimum absolute atomic E-state index is 0. The average molecular weight is 477 g/mol. The second-order valence-electron chi connectivity index (χ2n) is 6.82. The lowest BCUT2D eigenvalue weighted by Crippen LogP contribution is -2.41. The summed E-state index contributed by atoms with van der Waals surface area (Å²) in [4.78, 5) is 7.22. The van der Waals surface area contributed by atoms with Gasteiger partial charge in [0, 0.05) is 45.2 Å². The van der Waals surface area contributed by atoms with E-state index in [4.69, 9.17) is 18.9 Å². The number of nitrogens with zero attached hydrogens (tertiary/aromatic N) is 2. The lowest BCUT2D eigenvalue weighted by Gasteiger charge is -2.22. The van der Waals surface area contributed by atoms with E-state index in [9.17, 15) is 0 Å². The van der Waals surface area contributed by atoms with Crippen LogP contribution in [0.1, 0.15) is 31.9 Å². The number of nitrogens with one attached hydrogen (secondary N) is 1. The van der Waals surface area contributed by atoms with Crippen molar-refractivity contribution in [3.05, 3.63) is 24.2 Å². The third kappa shape index (κ3) is 6.74. The average Bonchev–Trinajstić information content (AvgIpc) is 3.39. The van der Waals surface area contributed by atoms with E-state index in [-0.39, 0.29) is 30.1 Å². The third-order valence-electron chi connectivity index (χ3n) is 4.85. The van der Waals surface area contributed by atoms with Gasteiger partial charge in [0.05, 0.1) is 25.5 Å². The quantitative estimate of drug-likeness (QED) is 0.355. The molecule has 2 saturated heterocycles. The van der Waals surface area contributed by atoms with Gasteiger partial charge >= 0.3 is 0 Å². The number of halogens is 1. The first-order chi connectivity index (χ1) is 12.3. The Morgan fingerprint density at radius 1 is 1.42 bits per heavy atom. The van der Waals surface area contributed by atoms with Gasteiger partial charge in [-0.25, -0.2) is 0 Å². The summed E-state index contributed by atoms with van der Waals surface area (Å²) >= 11 is 0. The van der Waals surface area contributed by atoms with Gasteiger partial charge in [0.15, 0.2) is 5.96 Å². The van der Waals surface area contributed by atoms with Crippen molar-refractivity contribution in [2.45, 2.75) is 38.7 Å². The molecule has 3 heterocycles. The van der Waals surface area contributed by atoms with Gasteiger partial charge in [-0.1, -0.05) is 0 Å². The predicted molar refractivity (Wildman–Crippen MR) is 113 cm³/mol. The largest absolute Gasteiger partial charge is 0.469 e. The van der Waals surface area contributed by atoms with Crippen LogP contribution in [0.3, 0.4) is 0 Å². The fourth-order valence-corrected chi connectivity index (χ4v) is 3.44. The van der Waals surface area contributed by atoms with Crippen LogP contribution in [0.25, 0.3) is 0 Å². The second kappa shape index (κ2) is 11.8. The molecule has 0 saturated carbocycles. The number of hydrogen-bond acceptors (Lipinski definition) is 4. The Morgan fingerprint density at radius 2 is 2.35 bits per heavy atom. The van der Waals surface area contributed by atoms with Crippen molar-refractivity contribution in [1.29, 1.82) is 0 Å². The van der Waals surface area contributed by atoms with Gasteiger partial charge in [-0.05, 0) is 38.3 Å². The molecule has 2 aliphatic rings. The van der Waals surface area contributed by atoms with Crippen LogP contribution in [0.5, 0.6) is 0 Å². The van der Waals surface area contributed by atoms with Crippen LogP contribution in [0.15, 0.2) is 27.8 Å². The zero-order valence-corrected chi connectivity index (χ0v) is 18.0. The molecule has 3 rings (SSSR count).